The maximum absolute atomic E-state index is 13.1. The zero-order valence-electron chi connectivity index (χ0n) is 15.8. The van der Waals surface area contributed by atoms with E-state index in [-0.39, 0.29) is 19.0 Å². The number of hydroxylamine groups is 2. The van der Waals surface area contributed by atoms with E-state index in [9.17, 15) is 9.36 Å². The highest BCUT2D eigenvalue weighted by Crippen LogP contribution is 2.59. The summed E-state index contributed by atoms with van der Waals surface area (Å²) in [5, 5.41) is 1.61. The summed E-state index contributed by atoms with van der Waals surface area (Å²) in [6.45, 7) is 11.7. The summed E-state index contributed by atoms with van der Waals surface area (Å²) in [6, 6.07) is 0. The molecule has 7 nitrogen and oxygen atoms in total. The van der Waals surface area contributed by atoms with E-state index in [0.717, 1.165) is 0 Å². The van der Waals surface area contributed by atoms with E-state index in [1.54, 1.807) is 5.06 Å². The molecule has 0 radical (unpaired) electrons. The van der Waals surface area contributed by atoms with Crippen LogP contribution in [0.25, 0.3) is 0 Å². The van der Waals surface area contributed by atoms with Gasteiger partial charge in [-0.3, -0.25) is 14.2 Å². The summed E-state index contributed by atoms with van der Waals surface area (Å²) in [7, 11) is 0.593. The molecule has 1 atom stereocenters. The molecule has 0 saturated carbocycles. The second kappa shape index (κ2) is 8.58. The maximum Gasteiger partial charge on any atom is 0.350 e. The van der Waals surface area contributed by atoms with E-state index in [1.807, 2.05) is 41.5 Å². The van der Waals surface area contributed by atoms with Gasteiger partial charge in [0.2, 0.25) is 0 Å². The lowest BCUT2D eigenvalue weighted by atomic mass is 9.94. The summed E-state index contributed by atoms with van der Waals surface area (Å²) >= 11 is 0. The van der Waals surface area contributed by atoms with Gasteiger partial charge in [-0.05, 0) is 26.2 Å². The van der Waals surface area contributed by atoms with Crippen LogP contribution >= 0.6 is 7.60 Å². The molecule has 0 fully saturated rings. The summed E-state index contributed by atoms with van der Waals surface area (Å²) in [5.41, 5.74) is -0.944. The number of hydrogen-bond acceptors (Lipinski definition) is 7. The van der Waals surface area contributed by atoms with Crippen LogP contribution in [0.1, 0.15) is 48.0 Å². The Morgan fingerprint density at radius 1 is 1.04 bits per heavy atom. The summed E-state index contributed by atoms with van der Waals surface area (Å²) < 4.78 is 28.1. The molecule has 0 aromatic carbocycles. The molecule has 138 valence electrons. The van der Waals surface area contributed by atoms with Crippen molar-refractivity contribution in [2.75, 3.05) is 27.9 Å². The molecule has 1 unspecified atom stereocenters. The zero-order valence-corrected chi connectivity index (χ0v) is 16.7. The van der Waals surface area contributed by atoms with Gasteiger partial charge in [0.05, 0.1) is 20.1 Å². The minimum Gasteiger partial charge on any atom is -0.469 e. The number of nitrogens with zero attached hydrogens (tertiary/aromatic N) is 1. The summed E-state index contributed by atoms with van der Waals surface area (Å²) in [6.07, 6.45) is 0.101. The summed E-state index contributed by atoms with van der Waals surface area (Å²) in [5.74, 6) is -1.02. The quantitative estimate of drug-likeness (QED) is 0.376. The molecule has 0 aliphatic carbocycles. The Morgan fingerprint density at radius 2 is 1.52 bits per heavy atom. The second-order valence-electron chi connectivity index (χ2n) is 7.30. The number of carbonyl (C=O) groups is 1. The molecule has 0 aromatic rings. The largest absolute Gasteiger partial charge is 0.469 e. The van der Waals surface area contributed by atoms with Crippen LogP contribution in [0.3, 0.4) is 0 Å². The third-order valence-electron chi connectivity index (χ3n) is 3.23. The number of esters is 1. The van der Waals surface area contributed by atoms with Gasteiger partial charge in [-0.15, -0.1) is 0 Å². The van der Waals surface area contributed by atoms with Crippen molar-refractivity contribution < 1.29 is 28.0 Å². The highest BCUT2D eigenvalue weighted by Gasteiger charge is 2.50. The molecule has 0 aliphatic heterocycles. The van der Waals surface area contributed by atoms with Crippen LogP contribution in [0.5, 0.6) is 0 Å². The molecule has 0 bridgehead atoms. The third kappa shape index (κ3) is 6.51. The van der Waals surface area contributed by atoms with Gasteiger partial charge in [-0.25, -0.2) is 0 Å². The fourth-order valence-corrected chi connectivity index (χ4v) is 4.36. The normalized spacial score (nSPS) is 14.9. The molecular formula is C15H32NO6P. The Bertz CT molecular complexity index is 419. The first-order valence-corrected chi connectivity index (χ1v) is 9.15. The minimum absolute atomic E-state index is 0.101. The minimum atomic E-state index is -3.45. The zero-order chi connectivity index (χ0) is 18.5. The predicted octanol–water partition coefficient (Wildman–Crippen LogP) is 3.44. The number of carbonyl (C=O) groups excluding carboxylic acids is 1. The highest BCUT2D eigenvalue weighted by molar-refractivity contribution is 7.54. The SMILES string of the molecule is COC(=O)CCON(C(C(C)(C)C)P(=O)(OC)OC)C(C)(C)C. The van der Waals surface area contributed by atoms with E-state index in [2.05, 4.69) is 4.74 Å². The van der Waals surface area contributed by atoms with Gasteiger partial charge >= 0.3 is 13.6 Å². The smallest absolute Gasteiger partial charge is 0.350 e. The van der Waals surface area contributed by atoms with E-state index in [4.69, 9.17) is 13.9 Å². The Kier molecular flexibility index (Phi) is 8.41. The average Bonchev–Trinajstić information content (AvgIpc) is 2.42. The van der Waals surface area contributed by atoms with Crippen LogP contribution in [0.15, 0.2) is 0 Å². The monoisotopic (exact) mass is 353 g/mol. The molecular weight excluding hydrogens is 321 g/mol. The van der Waals surface area contributed by atoms with Crippen molar-refractivity contribution in [2.24, 2.45) is 5.41 Å². The Labute approximate surface area is 140 Å². The van der Waals surface area contributed by atoms with Crippen molar-refractivity contribution in [1.82, 2.24) is 5.06 Å². The molecule has 0 aliphatic rings. The van der Waals surface area contributed by atoms with E-state index >= 15 is 0 Å². The van der Waals surface area contributed by atoms with Gasteiger partial charge in [0, 0.05) is 19.8 Å². The van der Waals surface area contributed by atoms with E-state index in [0.29, 0.717) is 0 Å². The lowest BCUT2D eigenvalue weighted by Crippen LogP contribution is -2.53. The number of rotatable bonds is 8. The van der Waals surface area contributed by atoms with Crippen LogP contribution in [-0.4, -0.2) is 50.3 Å². The van der Waals surface area contributed by atoms with Crippen molar-refractivity contribution in [2.45, 2.75) is 59.3 Å². The molecule has 0 rings (SSSR count). The molecule has 23 heavy (non-hydrogen) atoms. The van der Waals surface area contributed by atoms with Crippen LogP contribution in [0, 0.1) is 5.41 Å². The first-order chi connectivity index (χ1) is 10.3. The Balaban J connectivity index is 5.60. The van der Waals surface area contributed by atoms with E-state index in [1.165, 1.54) is 21.3 Å². The predicted molar refractivity (Wildman–Crippen MR) is 89.0 cm³/mol. The lowest BCUT2D eigenvalue weighted by Gasteiger charge is -2.46. The Hall–Kier alpha value is -0.460. The second-order valence-corrected chi connectivity index (χ2v) is 9.60. The van der Waals surface area contributed by atoms with Gasteiger partial charge in [-0.1, -0.05) is 20.8 Å². The maximum atomic E-state index is 13.1. The van der Waals surface area contributed by atoms with Crippen molar-refractivity contribution in [1.29, 1.82) is 0 Å². The fourth-order valence-electron chi connectivity index (χ4n) is 2.19. The number of ether oxygens (including phenoxy) is 1. The average molecular weight is 353 g/mol. The van der Waals surface area contributed by atoms with Crippen molar-refractivity contribution in [3.8, 4) is 0 Å². The van der Waals surface area contributed by atoms with E-state index < -0.39 is 24.3 Å². The van der Waals surface area contributed by atoms with Crippen molar-refractivity contribution in [3.63, 3.8) is 0 Å². The Morgan fingerprint density at radius 3 is 1.83 bits per heavy atom. The van der Waals surface area contributed by atoms with Crippen molar-refractivity contribution in [3.05, 3.63) is 0 Å². The molecule has 0 spiro atoms. The molecule has 0 aromatic heterocycles. The first kappa shape index (κ1) is 22.5. The highest BCUT2D eigenvalue weighted by atomic mass is 31.2. The van der Waals surface area contributed by atoms with Gasteiger partial charge in [0.25, 0.3) is 0 Å². The van der Waals surface area contributed by atoms with Gasteiger partial charge in [0.1, 0.15) is 5.78 Å². The molecule has 0 amide bonds. The van der Waals surface area contributed by atoms with Crippen LogP contribution in [-0.2, 0) is 28.0 Å². The van der Waals surface area contributed by atoms with Gasteiger partial charge in [0.15, 0.2) is 0 Å². The lowest BCUT2D eigenvalue weighted by molar-refractivity contribution is -0.238. The van der Waals surface area contributed by atoms with Gasteiger partial charge in [-0.2, -0.15) is 5.06 Å². The number of hydrogen-bond donors (Lipinski definition) is 0. The number of methoxy groups -OCH3 is 1. The fraction of sp³-hybridized carbons (Fsp3) is 0.933. The molecule has 0 saturated heterocycles. The van der Waals surface area contributed by atoms with Crippen LogP contribution < -0.4 is 0 Å². The molecule has 0 N–H and O–H groups in total. The molecule has 8 heteroatoms. The third-order valence-corrected chi connectivity index (χ3v) is 5.83. The van der Waals surface area contributed by atoms with Crippen molar-refractivity contribution >= 4 is 13.6 Å². The topological polar surface area (TPSA) is 74.3 Å². The van der Waals surface area contributed by atoms with Crippen LogP contribution in [0.4, 0.5) is 0 Å². The van der Waals surface area contributed by atoms with Crippen LogP contribution in [0.2, 0.25) is 0 Å². The first-order valence-electron chi connectivity index (χ1n) is 7.53. The standard InChI is InChI=1S/C15H32NO6P/c1-14(2,3)13(23(18,20-8)21-9)16(15(4,5)6)22-11-10-12(17)19-7/h13H,10-11H2,1-9H3. The summed E-state index contributed by atoms with van der Waals surface area (Å²) in [4.78, 5) is 17.1. The molecule has 0 heterocycles. The van der Waals surface area contributed by atoms with Gasteiger partial charge < -0.3 is 13.8 Å².